The van der Waals surface area contributed by atoms with Crippen LogP contribution in [0.25, 0.3) is 0 Å². The Bertz CT molecular complexity index is 371. The van der Waals surface area contributed by atoms with Crippen molar-refractivity contribution in [3.8, 4) is 0 Å². The van der Waals surface area contributed by atoms with Crippen molar-refractivity contribution in [3.63, 3.8) is 0 Å². The Balaban J connectivity index is 2.42. The molecule has 1 heterocycles. The molecule has 0 radical (unpaired) electrons. The van der Waals surface area contributed by atoms with E-state index >= 15 is 0 Å². The third kappa shape index (κ3) is 1.72. The van der Waals surface area contributed by atoms with E-state index in [4.69, 9.17) is 5.73 Å². The van der Waals surface area contributed by atoms with E-state index in [1.165, 1.54) is 17.7 Å². The van der Waals surface area contributed by atoms with Crippen LogP contribution in [0.15, 0.2) is 30.9 Å². The van der Waals surface area contributed by atoms with Gasteiger partial charge in [-0.2, -0.15) is 0 Å². The summed E-state index contributed by atoms with van der Waals surface area (Å²) in [6.07, 6.45) is 4.26. The average molecular weight is 202 g/mol. The zero-order valence-electron chi connectivity index (χ0n) is 9.24. The van der Waals surface area contributed by atoms with Gasteiger partial charge in [0.25, 0.3) is 0 Å². The highest BCUT2D eigenvalue weighted by Gasteiger charge is 2.20. The highest BCUT2D eigenvalue weighted by Crippen LogP contribution is 2.32. The van der Waals surface area contributed by atoms with Crippen LogP contribution in [0.3, 0.4) is 0 Å². The Hall–Kier alpha value is -1.44. The molecule has 2 nitrogen and oxygen atoms in total. The predicted molar refractivity (Wildman–Crippen MR) is 66.2 cm³/mol. The minimum atomic E-state index is 0.380. The molecule has 1 aliphatic rings. The maximum atomic E-state index is 5.99. The fraction of sp³-hybridized carbons (Fsp3) is 0.385. The van der Waals surface area contributed by atoms with Gasteiger partial charge in [-0.15, -0.1) is 6.58 Å². The number of hydrogen-bond acceptors (Lipinski definition) is 2. The summed E-state index contributed by atoms with van der Waals surface area (Å²) in [5.41, 5.74) is 9.51. The Morgan fingerprint density at radius 2 is 2.33 bits per heavy atom. The van der Waals surface area contributed by atoms with Crippen molar-refractivity contribution in [2.75, 3.05) is 17.2 Å². The molecule has 0 saturated heterocycles. The van der Waals surface area contributed by atoms with E-state index in [0.29, 0.717) is 6.04 Å². The molecule has 80 valence electrons. The van der Waals surface area contributed by atoms with Crippen molar-refractivity contribution in [1.82, 2.24) is 0 Å². The van der Waals surface area contributed by atoms with Gasteiger partial charge < -0.3 is 10.6 Å². The van der Waals surface area contributed by atoms with Crippen LogP contribution < -0.4 is 10.6 Å². The van der Waals surface area contributed by atoms with Crippen LogP contribution in [-0.4, -0.2) is 12.6 Å². The van der Waals surface area contributed by atoms with Gasteiger partial charge in [0.1, 0.15) is 0 Å². The topological polar surface area (TPSA) is 29.3 Å². The molecule has 0 spiro atoms. The van der Waals surface area contributed by atoms with Gasteiger partial charge in [0.05, 0.1) is 0 Å². The Labute approximate surface area is 91.4 Å². The lowest BCUT2D eigenvalue weighted by Gasteiger charge is -2.35. The zero-order chi connectivity index (χ0) is 10.8. The lowest BCUT2D eigenvalue weighted by Crippen LogP contribution is -2.36. The van der Waals surface area contributed by atoms with Gasteiger partial charge in [-0.3, -0.25) is 0 Å². The summed E-state index contributed by atoms with van der Waals surface area (Å²) < 4.78 is 0. The first-order chi connectivity index (χ1) is 7.24. The van der Waals surface area contributed by atoms with E-state index in [2.05, 4.69) is 24.5 Å². The van der Waals surface area contributed by atoms with Crippen LogP contribution in [0.4, 0.5) is 11.4 Å². The normalized spacial score (nSPS) is 17.0. The quantitative estimate of drug-likeness (QED) is 0.590. The second-order valence-corrected chi connectivity index (χ2v) is 4.12. The molecule has 1 aliphatic heterocycles. The van der Waals surface area contributed by atoms with Gasteiger partial charge in [-0.05, 0) is 37.5 Å². The lowest BCUT2D eigenvalue weighted by atomic mass is 9.98. The summed E-state index contributed by atoms with van der Waals surface area (Å²) in [5, 5.41) is 0. The molecular weight excluding hydrogens is 184 g/mol. The molecule has 1 unspecified atom stereocenters. The van der Waals surface area contributed by atoms with Gasteiger partial charge in [-0.25, -0.2) is 0 Å². The summed E-state index contributed by atoms with van der Waals surface area (Å²) in [4.78, 5) is 2.38. The number of nitrogen functional groups attached to an aromatic ring is 1. The third-order valence-electron chi connectivity index (χ3n) is 3.16. The van der Waals surface area contributed by atoms with Crippen molar-refractivity contribution in [2.45, 2.75) is 25.8 Å². The smallest absolute Gasteiger partial charge is 0.0442 e. The molecule has 15 heavy (non-hydrogen) atoms. The van der Waals surface area contributed by atoms with E-state index in [0.717, 1.165) is 18.7 Å². The number of fused-ring (bicyclic) bond motifs is 1. The van der Waals surface area contributed by atoms with E-state index < -0.39 is 0 Å². The van der Waals surface area contributed by atoms with Gasteiger partial charge in [-0.1, -0.05) is 12.1 Å². The van der Waals surface area contributed by atoms with Gasteiger partial charge in [0.2, 0.25) is 0 Å². The second kappa shape index (κ2) is 3.97. The van der Waals surface area contributed by atoms with Crippen LogP contribution in [0.5, 0.6) is 0 Å². The van der Waals surface area contributed by atoms with E-state index in [1.807, 2.05) is 18.2 Å². The molecule has 0 aliphatic carbocycles. The molecule has 0 aromatic heterocycles. The Morgan fingerprint density at radius 3 is 3.07 bits per heavy atom. The summed E-state index contributed by atoms with van der Waals surface area (Å²) in [7, 11) is 0. The SMILES string of the molecule is C=CC(C)N1CCCc2c(N)cccc21. The summed E-state index contributed by atoms with van der Waals surface area (Å²) in [6, 6.07) is 6.56. The number of hydrogen-bond donors (Lipinski definition) is 1. The summed E-state index contributed by atoms with van der Waals surface area (Å²) in [6.45, 7) is 7.13. The van der Waals surface area contributed by atoms with Crippen molar-refractivity contribution in [3.05, 3.63) is 36.4 Å². The number of nitrogens with zero attached hydrogens (tertiary/aromatic N) is 1. The lowest BCUT2D eigenvalue weighted by molar-refractivity contribution is 0.658. The van der Waals surface area contributed by atoms with Crippen LogP contribution in [0.1, 0.15) is 18.9 Å². The number of nitrogens with two attached hydrogens (primary N) is 1. The first kappa shape index (κ1) is 10.1. The van der Waals surface area contributed by atoms with Crippen molar-refractivity contribution < 1.29 is 0 Å². The van der Waals surface area contributed by atoms with E-state index in [9.17, 15) is 0 Å². The highest BCUT2D eigenvalue weighted by molar-refractivity contribution is 5.66. The maximum absolute atomic E-state index is 5.99. The Morgan fingerprint density at radius 1 is 1.53 bits per heavy atom. The molecule has 1 atom stereocenters. The number of anilines is 2. The van der Waals surface area contributed by atoms with Crippen molar-refractivity contribution in [2.24, 2.45) is 0 Å². The molecule has 1 aromatic rings. The second-order valence-electron chi connectivity index (χ2n) is 4.12. The highest BCUT2D eigenvalue weighted by atomic mass is 15.2. The average Bonchev–Trinajstić information content (AvgIpc) is 2.28. The minimum absolute atomic E-state index is 0.380. The van der Waals surface area contributed by atoms with Gasteiger partial charge in [0, 0.05) is 24.0 Å². The van der Waals surface area contributed by atoms with Gasteiger partial charge >= 0.3 is 0 Å². The van der Waals surface area contributed by atoms with Crippen LogP contribution in [-0.2, 0) is 6.42 Å². The Kier molecular flexibility index (Phi) is 2.67. The molecule has 0 fully saturated rings. The molecule has 2 N–H and O–H groups in total. The van der Waals surface area contributed by atoms with Crippen LogP contribution >= 0.6 is 0 Å². The number of benzene rings is 1. The fourth-order valence-electron chi connectivity index (χ4n) is 2.23. The molecule has 2 rings (SSSR count). The molecule has 0 amide bonds. The van der Waals surface area contributed by atoms with E-state index in [-0.39, 0.29) is 0 Å². The van der Waals surface area contributed by atoms with Crippen LogP contribution in [0, 0.1) is 0 Å². The molecule has 0 saturated carbocycles. The third-order valence-corrected chi connectivity index (χ3v) is 3.16. The molecule has 2 heteroatoms. The molecule has 1 aromatic carbocycles. The molecular formula is C13H18N2. The largest absolute Gasteiger partial charge is 0.398 e. The zero-order valence-corrected chi connectivity index (χ0v) is 9.24. The van der Waals surface area contributed by atoms with Crippen molar-refractivity contribution >= 4 is 11.4 Å². The monoisotopic (exact) mass is 202 g/mol. The predicted octanol–water partition coefficient (Wildman–Crippen LogP) is 2.60. The fourth-order valence-corrected chi connectivity index (χ4v) is 2.23. The number of rotatable bonds is 2. The van der Waals surface area contributed by atoms with E-state index in [1.54, 1.807) is 0 Å². The van der Waals surface area contributed by atoms with Gasteiger partial charge in [0.15, 0.2) is 0 Å². The van der Waals surface area contributed by atoms with Crippen LogP contribution in [0.2, 0.25) is 0 Å². The first-order valence-corrected chi connectivity index (χ1v) is 5.50. The maximum Gasteiger partial charge on any atom is 0.0442 e. The molecule has 0 bridgehead atoms. The first-order valence-electron chi connectivity index (χ1n) is 5.50. The summed E-state index contributed by atoms with van der Waals surface area (Å²) in [5.74, 6) is 0. The minimum Gasteiger partial charge on any atom is -0.398 e. The van der Waals surface area contributed by atoms with Crippen molar-refractivity contribution in [1.29, 1.82) is 0 Å². The standard InChI is InChI=1S/C13H18N2/c1-3-10(2)15-9-5-6-11-12(14)7-4-8-13(11)15/h3-4,7-8,10H,1,5-6,9,14H2,2H3. The summed E-state index contributed by atoms with van der Waals surface area (Å²) >= 11 is 0.